The molecule has 14 heteroatoms. The number of rotatable bonds is 38. The predicted octanol–water partition coefficient (Wildman–Crippen LogP) is 5.83. The van der Waals surface area contributed by atoms with Crippen LogP contribution in [0.4, 0.5) is 0 Å². The Morgan fingerprint density at radius 2 is 0.934 bits per heavy atom. The molecule has 2 saturated heterocycles. The highest BCUT2D eigenvalue weighted by molar-refractivity contribution is 5.76. The van der Waals surface area contributed by atoms with Crippen LogP contribution in [0.15, 0.2) is 0 Å². The summed E-state index contributed by atoms with van der Waals surface area (Å²) in [4.78, 5) is 13.1. The van der Waals surface area contributed by atoms with Crippen molar-refractivity contribution in [2.24, 2.45) is 0 Å². The van der Waals surface area contributed by atoms with E-state index >= 15 is 0 Å². The van der Waals surface area contributed by atoms with Crippen LogP contribution < -0.4 is 5.32 Å². The standard InChI is InChI=1S/C47H91NO13/c1-3-5-7-9-11-13-15-16-17-18-19-21-23-25-27-29-31-39(52)48-35(36(51)30-28-26-24-22-20-14-12-10-8-6-4-2)34-58-46-44(57)42(55)45(38(33-50)60-46)61-47-43(56)41(54)40(53)37(32-49)59-47/h35-38,40-47,49-51,53-57H,3-34H2,1-2H3,(H,48,52)/t35-,36+,37+,38+,40-,41?,42?,43?,44?,45+,46+,47-/m0/s1. The van der Waals surface area contributed by atoms with Crippen LogP contribution in [-0.4, -0.2) is 140 Å². The van der Waals surface area contributed by atoms with E-state index in [2.05, 4.69) is 19.2 Å². The van der Waals surface area contributed by atoms with Gasteiger partial charge in [0.25, 0.3) is 0 Å². The van der Waals surface area contributed by atoms with Crippen LogP contribution in [0.2, 0.25) is 0 Å². The Hall–Kier alpha value is -1.01. The first-order valence-corrected chi connectivity index (χ1v) is 24.8. The molecule has 362 valence electrons. The number of hydrogen-bond acceptors (Lipinski definition) is 13. The van der Waals surface area contributed by atoms with Gasteiger partial charge in [0.15, 0.2) is 12.6 Å². The number of aliphatic hydroxyl groups is 8. The molecule has 2 heterocycles. The molecular weight excluding hydrogens is 787 g/mol. The smallest absolute Gasteiger partial charge is 0.220 e. The Bertz CT molecular complexity index is 1040. The van der Waals surface area contributed by atoms with Gasteiger partial charge in [-0.2, -0.15) is 0 Å². The van der Waals surface area contributed by atoms with Crippen LogP contribution >= 0.6 is 0 Å². The Balaban J connectivity index is 1.83. The average Bonchev–Trinajstić information content (AvgIpc) is 3.26. The van der Waals surface area contributed by atoms with E-state index in [4.69, 9.17) is 18.9 Å². The van der Waals surface area contributed by atoms with Crippen molar-refractivity contribution in [2.45, 2.75) is 274 Å². The van der Waals surface area contributed by atoms with E-state index in [1.54, 1.807) is 0 Å². The normalized spacial score (nSPS) is 27.9. The lowest BCUT2D eigenvalue weighted by molar-refractivity contribution is -0.359. The Kier molecular flexibility index (Phi) is 32.5. The molecule has 1 amide bonds. The summed E-state index contributed by atoms with van der Waals surface area (Å²) < 4.78 is 22.7. The van der Waals surface area contributed by atoms with E-state index < -0.39 is 86.8 Å². The van der Waals surface area contributed by atoms with Gasteiger partial charge in [0.1, 0.15) is 48.8 Å². The average molecular weight is 878 g/mol. The third kappa shape index (κ3) is 23.1. The van der Waals surface area contributed by atoms with Crippen molar-refractivity contribution in [1.82, 2.24) is 5.32 Å². The molecule has 0 spiro atoms. The molecule has 0 aromatic carbocycles. The third-order valence-electron chi connectivity index (χ3n) is 12.6. The van der Waals surface area contributed by atoms with Crippen molar-refractivity contribution in [3.63, 3.8) is 0 Å². The molecule has 0 aromatic heterocycles. The molecule has 2 rings (SSSR count). The number of ether oxygens (including phenoxy) is 4. The van der Waals surface area contributed by atoms with Crippen molar-refractivity contribution < 1.29 is 64.6 Å². The second-order valence-corrected chi connectivity index (χ2v) is 18.0. The quantitative estimate of drug-likeness (QED) is 0.0334. The molecule has 61 heavy (non-hydrogen) atoms. The lowest BCUT2D eigenvalue weighted by Crippen LogP contribution is -2.65. The zero-order valence-electron chi connectivity index (χ0n) is 38.2. The Morgan fingerprint density at radius 3 is 1.39 bits per heavy atom. The second kappa shape index (κ2) is 35.3. The molecule has 2 aliphatic rings. The summed E-state index contributed by atoms with van der Waals surface area (Å²) in [6, 6.07) is -0.819. The van der Waals surface area contributed by atoms with Crippen molar-refractivity contribution in [1.29, 1.82) is 0 Å². The fourth-order valence-electron chi connectivity index (χ4n) is 8.47. The van der Waals surface area contributed by atoms with Gasteiger partial charge >= 0.3 is 0 Å². The molecule has 12 atom stereocenters. The fourth-order valence-corrected chi connectivity index (χ4v) is 8.47. The van der Waals surface area contributed by atoms with Crippen molar-refractivity contribution in [2.75, 3.05) is 19.8 Å². The molecule has 2 aliphatic heterocycles. The van der Waals surface area contributed by atoms with E-state index in [-0.39, 0.29) is 12.5 Å². The molecule has 0 saturated carbocycles. The summed E-state index contributed by atoms with van der Waals surface area (Å²) in [5.41, 5.74) is 0. The van der Waals surface area contributed by atoms with Crippen molar-refractivity contribution >= 4 is 5.91 Å². The zero-order chi connectivity index (χ0) is 44.7. The Labute approximate surface area is 368 Å². The lowest BCUT2D eigenvalue weighted by atomic mass is 9.97. The minimum absolute atomic E-state index is 0.205. The summed E-state index contributed by atoms with van der Waals surface area (Å²) >= 11 is 0. The highest BCUT2D eigenvalue weighted by atomic mass is 16.7. The molecule has 0 radical (unpaired) electrons. The second-order valence-electron chi connectivity index (χ2n) is 18.0. The maximum Gasteiger partial charge on any atom is 0.220 e. The molecule has 14 nitrogen and oxygen atoms in total. The van der Waals surface area contributed by atoms with E-state index in [9.17, 15) is 45.6 Å². The predicted molar refractivity (Wildman–Crippen MR) is 236 cm³/mol. The van der Waals surface area contributed by atoms with Gasteiger partial charge in [-0.3, -0.25) is 4.79 Å². The molecule has 0 aromatic rings. The molecule has 0 aliphatic carbocycles. The molecule has 9 N–H and O–H groups in total. The summed E-state index contributed by atoms with van der Waals surface area (Å²) in [7, 11) is 0. The maximum atomic E-state index is 13.1. The van der Waals surface area contributed by atoms with E-state index in [1.807, 2.05) is 0 Å². The first-order valence-electron chi connectivity index (χ1n) is 24.8. The summed E-state index contributed by atoms with van der Waals surface area (Å²) in [6.07, 6.45) is 16.8. The van der Waals surface area contributed by atoms with Crippen LogP contribution in [0, 0.1) is 0 Å². The number of nitrogens with one attached hydrogen (secondary N) is 1. The number of carbonyl (C=O) groups is 1. The van der Waals surface area contributed by atoms with Crippen LogP contribution in [0.25, 0.3) is 0 Å². The first kappa shape index (κ1) is 56.1. The zero-order valence-corrected chi connectivity index (χ0v) is 38.2. The molecule has 2 fully saturated rings. The summed E-state index contributed by atoms with van der Waals surface area (Å²) in [6.45, 7) is 2.84. The molecular formula is C47H91NO13. The number of amides is 1. The van der Waals surface area contributed by atoms with Gasteiger partial charge in [-0.25, -0.2) is 0 Å². The number of aliphatic hydroxyl groups excluding tert-OH is 8. The minimum atomic E-state index is -1.78. The number of hydrogen-bond donors (Lipinski definition) is 9. The van der Waals surface area contributed by atoms with Gasteiger partial charge in [-0.15, -0.1) is 0 Å². The van der Waals surface area contributed by atoms with Crippen LogP contribution in [0.1, 0.15) is 200 Å². The minimum Gasteiger partial charge on any atom is -0.394 e. The molecule has 0 bridgehead atoms. The summed E-state index contributed by atoms with van der Waals surface area (Å²) in [5.74, 6) is -0.205. The van der Waals surface area contributed by atoms with Gasteiger partial charge in [0.05, 0.1) is 32.0 Å². The van der Waals surface area contributed by atoms with Gasteiger partial charge in [0.2, 0.25) is 5.91 Å². The Morgan fingerprint density at radius 1 is 0.525 bits per heavy atom. The van der Waals surface area contributed by atoms with E-state index in [1.165, 1.54) is 122 Å². The first-order chi connectivity index (χ1) is 29.6. The number of unbranched alkanes of at least 4 members (excludes halogenated alkanes) is 25. The van der Waals surface area contributed by atoms with Gasteiger partial charge in [-0.05, 0) is 12.8 Å². The van der Waals surface area contributed by atoms with E-state index in [0.29, 0.717) is 12.8 Å². The van der Waals surface area contributed by atoms with Gasteiger partial charge in [0, 0.05) is 6.42 Å². The molecule has 4 unspecified atom stereocenters. The highest BCUT2D eigenvalue weighted by Crippen LogP contribution is 2.30. The maximum absolute atomic E-state index is 13.1. The van der Waals surface area contributed by atoms with Crippen LogP contribution in [-0.2, 0) is 23.7 Å². The third-order valence-corrected chi connectivity index (χ3v) is 12.6. The number of carbonyl (C=O) groups excluding carboxylic acids is 1. The van der Waals surface area contributed by atoms with Crippen molar-refractivity contribution in [3.8, 4) is 0 Å². The SMILES string of the molecule is CCCCCCCCCCCCCCCCCCC(=O)N[C@@H](CO[C@@H]1O[C@H](CO)[C@@H](O[C@@H]2O[C@H](CO)[C@H](O)C(O)C2O)C(O)C1O)[C@H](O)CCCCCCCCCCCCC. The lowest BCUT2D eigenvalue weighted by Gasteiger charge is -2.46. The van der Waals surface area contributed by atoms with Crippen molar-refractivity contribution in [3.05, 3.63) is 0 Å². The van der Waals surface area contributed by atoms with Crippen LogP contribution in [0.5, 0.6) is 0 Å². The largest absolute Gasteiger partial charge is 0.394 e. The fraction of sp³-hybridized carbons (Fsp3) is 0.979. The van der Waals surface area contributed by atoms with Crippen LogP contribution in [0.3, 0.4) is 0 Å². The topological polar surface area (TPSA) is 228 Å². The summed E-state index contributed by atoms with van der Waals surface area (Å²) in [5, 5.41) is 86.7. The van der Waals surface area contributed by atoms with Gasteiger partial charge in [-0.1, -0.05) is 181 Å². The van der Waals surface area contributed by atoms with Gasteiger partial charge < -0.3 is 65.1 Å². The van der Waals surface area contributed by atoms with E-state index in [0.717, 1.165) is 51.4 Å². The monoisotopic (exact) mass is 878 g/mol. The highest BCUT2D eigenvalue weighted by Gasteiger charge is 2.51.